The number of carbonyl (C=O) groups excluding carboxylic acids is 1. The Hall–Kier alpha value is -3.48. The maximum atomic E-state index is 12.3. The molecule has 0 atom stereocenters. The Labute approximate surface area is 150 Å². The molecule has 0 aliphatic carbocycles. The Bertz CT molecular complexity index is 887. The summed E-state index contributed by atoms with van der Waals surface area (Å²) >= 11 is 0. The van der Waals surface area contributed by atoms with E-state index in [1.165, 1.54) is 12.5 Å². The van der Waals surface area contributed by atoms with E-state index in [0.29, 0.717) is 18.1 Å². The van der Waals surface area contributed by atoms with Gasteiger partial charge in [-0.2, -0.15) is 0 Å². The molecule has 132 valence electrons. The highest BCUT2D eigenvalue weighted by atomic mass is 16.5. The van der Waals surface area contributed by atoms with Crippen LogP contribution in [0, 0.1) is 0 Å². The van der Waals surface area contributed by atoms with E-state index in [2.05, 4.69) is 15.0 Å². The maximum absolute atomic E-state index is 12.3. The first-order valence-corrected chi connectivity index (χ1v) is 8.13. The second kappa shape index (κ2) is 8.06. The predicted molar refractivity (Wildman–Crippen MR) is 96.2 cm³/mol. The monoisotopic (exact) mass is 350 g/mol. The molecule has 0 saturated heterocycles. The molecule has 0 bridgehead atoms. The van der Waals surface area contributed by atoms with Gasteiger partial charge in [-0.15, -0.1) is 0 Å². The van der Waals surface area contributed by atoms with Crippen LogP contribution < -0.4 is 4.90 Å². The van der Waals surface area contributed by atoms with E-state index in [1.54, 1.807) is 42.3 Å². The SMILES string of the molecule is CCOC(=O)c1cncnc1N(Cc1ccccn1)c1ccccc1O. The summed E-state index contributed by atoms with van der Waals surface area (Å²) in [4.78, 5) is 26.6. The number of para-hydroxylation sites is 2. The second-order valence-electron chi connectivity index (χ2n) is 5.38. The van der Waals surface area contributed by atoms with Crippen LogP contribution in [0.2, 0.25) is 0 Å². The molecule has 7 heteroatoms. The number of phenols is 1. The zero-order valence-corrected chi connectivity index (χ0v) is 14.2. The molecule has 0 unspecified atom stereocenters. The van der Waals surface area contributed by atoms with Crippen molar-refractivity contribution in [2.24, 2.45) is 0 Å². The molecule has 3 rings (SSSR count). The molecule has 0 saturated carbocycles. The number of benzene rings is 1. The number of aromatic nitrogens is 3. The minimum Gasteiger partial charge on any atom is -0.506 e. The lowest BCUT2D eigenvalue weighted by atomic mass is 10.2. The van der Waals surface area contributed by atoms with Crippen LogP contribution in [0.4, 0.5) is 11.5 Å². The van der Waals surface area contributed by atoms with Gasteiger partial charge in [0.05, 0.1) is 24.5 Å². The number of esters is 1. The van der Waals surface area contributed by atoms with Gasteiger partial charge in [0.2, 0.25) is 0 Å². The fourth-order valence-electron chi connectivity index (χ4n) is 2.51. The third kappa shape index (κ3) is 3.77. The van der Waals surface area contributed by atoms with E-state index in [0.717, 1.165) is 5.69 Å². The highest BCUT2D eigenvalue weighted by molar-refractivity contribution is 5.95. The van der Waals surface area contributed by atoms with Crippen LogP contribution in [0.1, 0.15) is 23.0 Å². The largest absolute Gasteiger partial charge is 0.506 e. The number of aromatic hydroxyl groups is 1. The molecule has 1 N–H and O–H groups in total. The number of nitrogens with zero attached hydrogens (tertiary/aromatic N) is 4. The smallest absolute Gasteiger partial charge is 0.343 e. The number of pyridine rings is 1. The van der Waals surface area contributed by atoms with Crippen molar-refractivity contribution in [1.82, 2.24) is 15.0 Å². The van der Waals surface area contributed by atoms with Gasteiger partial charge < -0.3 is 14.7 Å². The van der Waals surface area contributed by atoms with Crippen LogP contribution in [0.3, 0.4) is 0 Å². The standard InChI is InChI=1S/C19H18N4O3/c1-2-26-19(25)15-11-20-13-22-18(15)23(12-14-7-5-6-10-21-14)16-8-3-4-9-17(16)24/h3-11,13,24H,2,12H2,1H3. The fourth-order valence-corrected chi connectivity index (χ4v) is 2.51. The van der Waals surface area contributed by atoms with Crippen molar-refractivity contribution in [2.45, 2.75) is 13.5 Å². The van der Waals surface area contributed by atoms with Crippen molar-refractivity contribution < 1.29 is 14.6 Å². The fraction of sp³-hybridized carbons (Fsp3) is 0.158. The van der Waals surface area contributed by atoms with Gasteiger partial charge in [-0.25, -0.2) is 14.8 Å². The molecule has 0 spiro atoms. The van der Waals surface area contributed by atoms with Crippen molar-refractivity contribution in [3.8, 4) is 5.75 Å². The number of carbonyl (C=O) groups is 1. The lowest BCUT2D eigenvalue weighted by molar-refractivity contribution is 0.0526. The van der Waals surface area contributed by atoms with Crippen molar-refractivity contribution in [1.29, 1.82) is 0 Å². The molecule has 7 nitrogen and oxygen atoms in total. The number of rotatable bonds is 6. The zero-order chi connectivity index (χ0) is 18.4. The van der Waals surface area contributed by atoms with E-state index in [-0.39, 0.29) is 17.9 Å². The highest BCUT2D eigenvalue weighted by Gasteiger charge is 2.23. The lowest BCUT2D eigenvalue weighted by Gasteiger charge is -2.25. The second-order valence-corrected chi connectivity index (χ2v) is 5.38. The van der Waals surface area contributed by atoms with Crippen LogP contribution in [-0.2, 0) is 11.3 Å². The first-order valence-electron chi connectivity index (χ1n) is 8.13. The van der Waals surface area contributed by atoms with E-state index in [9.17, 15) is 9.90 Å². The Kier molecular flexibility index (Phi) is 5.38. The summed E-state index contributed by atoms with van der Waals surface area (Å²) in [6, 6.07) is 12.4. The molecule has 2 heterocycles. The van der Waals surface area contributed by atoms with Crippen LogP contribution in [-0.4, -0.2) is 32.6 Å². The quantitative estimate of drug-likeness (QED) is 0.683. The molecular weight excluding hydrogens is 332 g/mol. The first kappa shape index (κ1) is 17.3. The summed E-state index contributed by atoms with van der Waals surface area (Å²) in [6.07, 6.45) is 4.44. The topological polar surface area (TPSA) is 88.4 Å². The summed E-state index contributed by atoms with van der Waals surface area (Å²) < 4.78 is 5.11. The first-order chi connectivity index (χ1) is 12.7. The molecule has 0 amide bonds. The van der Waals surface area contributed by atoms with Crippen molar-refractivity contribution in [3.63, 3.8) is 0 Å². The summed E-state index contributed by atoms with van der Waals surface area (Å²) in [6.45, 7) is 2.28. The van der Waals surface area contributed by atoms with E-state index in [1.807, 2.05) is 18.2 Å². The lowest BCUT2D eigenvalue weighted by Crippen LogP contribution is -2.22. The average molecular weight is 350 g/mol. The van der Waals surface area contributed by atoms with Crippen LogP contribution in [0.15, 0.2) is 61.2 Å². The van der Waals surface area contributed by atoms with Crippen molar-refractivity contribution in [3.05, 3.63) is 72.4 Å². The van der Waals surface area contributed by atoms with E-state index in [4.69, 9.17) is 4.74 Å². The van der Waals surface area contributed by atoms with Gasteiger partial charge in [0.25, 0.3) is 0 Å². The molecule has 2 aromatic heterocycles. The summed E-state index contributed by atoms with van der Waals surface area (Å²) in [5.74, 6) is -0.119. The van der Waals surface area contributed by atoms with Gasteiger partial charge >= 0.3 is 5.97 Å². The van der Waals surface area contributed by atoms with Crippen molar-refractivity contribution in [2.75, 3.05) is 11.5 Å². The van der Waals surface area contributed by atoms with Gasteiger partial charge in [0.15, 0.2) is 5.82 Å². The number of phenolic OH excluding ortho intramolecular Hbond substituents is 1. The zero-order valence-electron chi connectivity index (χ0n) is 14.2. The van der Waals surface area contributed by atoms with Gasteiger partial charge in [-0.05, 0) is 31.2 Å². The molecule has 0 fully saturated rings. The molecule has 26 heavy (non-hydrogen) atoms. The average Bonchev–Trinajstić information content (AvgIpc) is 2.68. The third-order valence-corrected chi connectivity index (χ3v) is 3.66. The third-order valence-electron chi connectivity index (χ3n) is 3.66. The Morgan fingerprint density at radius 1 is 1.15 bits per heavy atom. The predicted octanol–water partition coefficient (Wildman–Crippen LogP) is 3.09. The Balaban J connectivity index is 2.10. The van der Waals surface area contributed by atoms with Crippen LogP contribution in [0.5, 0.6) is 5.75 Å². The highest BCUT2D eigenvalue weighted by Crippen LogP contribution is 2.34. The minimum absolute atomic E-state index is 0.0665. The van der Waals surface area contributed by atoms with Gasteiger partial charge in [0, 0.05) is 12.4 Å². The maximum Gasteiger partial charge on any atom is 0.343 e. The summed E-state index contributed by atoms with van der Waals surface area (Å²) in [5, 5.41) is 10.3. The molecule has 3 aromatic rings. The van der Waals surface area contributed by atoms with Crippen LogP contribution >= 0.6 is 0 Å². The normalized spacial score (nSPS) is 10.3. The number of hydrogen-bond donors (Lipinski definition) is 1. The van der Waals surface area contributed by atoms with Crippen LogP contribution in [0.25, 0.3) is 0 Å². The molecule has 1 aromatic carbocycles. The summed E-state index contributed by atoms with van der Waals surface area (Å²) in [7, 11) is 0. The number of ether oxygens (including phenoxy) is 1. The molecular formula is C19H18N4O3. The van der Waals surface area contributed by atoms with Gasteiger partial charge in [0.1, 0.15) is 17.6 Å². The van der Waals surface area contributed by atoms with Crippen molar-refractivity contribution >= 4 is 17.5 Å². The minimum atomic E-state index is -0.524. The Morgan fingerprint density at radius 3 is 2.69 bits per heavy atom. The van der Waals surface area contributed by atoms with Gasteiger partial charge in [-0.3, -0.25) is 4.98 Å². The molecule has 0 radical (unpaired) electrons. The summed E-state index contributed by atoms with van der Waals surface area (Å²) in [5.41, 5.74) is 1.47. The van der Waals surface area contributed by atoms with E-state index < -0.39 is 5.97 Å². The Morgan fingerprint density at radius 2 is 1.96 bits per heavy atom. The van der Waals surface area contributed by atoms with Gasteiger partial charge in [-0.1, -0.05) is 18.2 Å². The molecule has 0 aliphatic rings. The number of anilines is 2. The van der Waals surface area contributed by atoms with E-state index >= 15 is 0 Å². The number of hydrogen-bond acceptors (Lipinski definition) is 7. The molecule has 0 aliphatic heterocycles.